The maximum absolute atomic E-state index is 5.53. The fraction of sp³-hybridized carbons (Fsp3) is 0.316. The maximum atomic E-state index is 5.53. The molecule has 7 rings (SSSR count). The lowest BCUT2D eigenvalue weighted by Gasteiger charge is -2.17. The lowest BCUT2D eigenvalue weighted by Crippen LogP contribution is -2.23. The number of anilines is 1. The summed E-state index contributed by atoms with van der Waals surface area (Å²) in [7, 11) is 0. The van der Waals surface area contributed by atoms with Crippen molar-refractivity contribution in [3.63, 3.8) is 0 Å². The van der Waals surface area contributed by atoms with Crippen LogP contribution in [0.15, 0.2) is 109 Å². The van der Waals surface area contributed by atoms with Crippen molar-refractivity contribution in [1.82, 2.24) is 5.32 Å². The van der Waals surface area contributed by atoms with E-state index in [0.717, 1.165) is 43.3 Å². The molecule has 226 valence electrons. The molecule has 4 aromatic carbocycles. The standard InChI is InChI=1S/C12H16O.2C9H11N.C8H8O2/c1-4-10(2)9-13-12-8-6-5-7-11(12)3;1-2-6-9-8(4-1)5-3-7-10-9;1-2-4-9-7-10-6-5-8(9)3-1;1-2-4-8-7(3-1)9-5-6-10-8/h5-9H,4H2,1-3H3;1-2,4,6,10H,3,5,7H2;1-4,10H,5-7H2;1-4H,5-6H2. The largest absolute Gasteiger partial charge is 0.486 e. The quantitative estimate of drug-likeness (QED) is 0.239. The zero-order chi connectivity index (χ0) is 30.1. The Balaban J connectivity index is 0.000000132. The van der Waals surface area contributed by atoms with Gasteiger partial charge < -0.3 is 24.8 Å². The topological polar surface area (TPSA) is 51.8 Å². The molecule has 2 N–H and O–H groups in total. The number of hydrogen-bond acceptors (Lipinski definition) is 5. The molecule has 0 atom stereocenters. The molecule has 4 aromatic rings. The van der Waals surface area contributed by atoms with Gasteiger partial charge in [0.25, 0.3) is 0 Å². The molecule has 3 aliphatic heterocycles. The Bertz CT molecular complexity index is 1230. The number of hydrogen-bond donors (Lipinski definition) is 2. The van der Waals surface area contributed by atoms with Crippen LogP contribution < -0.4 is 24.8 Å². The van der Waals surface area contributed by atoms with Crippen LogP contribution in [0.25, 0.3) is 0 Å². The molecule has 5 heteroatoms. The van der Waals surface area contributed by atoms with Gasteiger partial charge in [0.1, 0.15) is 19.0 Å². The first-order valence-electron chi connectivity index (χ1n) is 15.5. The monoisotopic (exact) mass is 578 g/mol. The molecule has 0 aliphatic carbocycles. The Morgan fingerprint density at radius 2 is 1.37 bits per heavy atom. The molecular weight excluding hydrogens is 532 g/mol. The van der Waals surface area contributed by atoms with Crippen molar-refractivity contribution < 1.29 is 14.2 Å². The van der Waals surface area contributed by atoms with Crippen molar-refractivity contribution in [2.24, 2.45) is 0 Å². The highest BCUT2D eigenvalue weighted by atomic mass is 16.6. The van der Waals surface area contributed by atoms with E-state index in [-0.39, 0.29) is 0 Å². The summed E-state index contributed by atoms with van der Waals surface area (Å²) in [6.45, 7) is 10.9. The molecule has 43 heavy (non-hydrogen) atoms. The molecule has 0 spiro atoms. The number of ether oxygens (including phenoxy) is 3. The van der Waals surface area contributed by atoms with E-state index in [1.54, 1.807) is 0 Å². The normalized spacial score (nSPS) is 14.3. The minimum Gasteiger partial charge on any atom is -0.486 e. The van der Waals surface area contributed by atoms with Crippen molar-refractivity contribution in [3.8, 4) is 17.2 Å². The Hall–Kier alpha value is -4.22. The van der Waals surface area contributed by atoms with Crippen LogP contribution >= 0.6 is 0 Å². The average molecular weight is 579 g/mol. The summed E-state index contributed by atoms with van der Waals surface area (Å²) in [4.78, 5) is 0. The summed E-state index contributed by atoms with van der Waals surface area (Å²) in [5.41, 5.74) is 8.20. The highest BCUT2D eigenvalue weighted by Crippen LogP contribution is 2.28. The molecule has 3 aliphatic rings. The first-order valence-corrected chi connectivity index (χ1v) is 15.5. The highest BCUT2D eigenvalue weighted by molar-refractivity contribution is 5.52. The second-order valence-corrected chi connectivity index (χ2v) is 10.7. The Labute approximate surface area is 257 Å². The molecule has 3 heterocycles. The van der Waals surface area contributed by atoms with E-state index in [0.29, 0.717) is 13.2 Å². The van der Waals surface area contributed by atoms with Gasteiger partial charge in [0.15, 0.2) is 11.5 Å². The van der Waals surface area contributed by atoms with E-state index in [1.807, 2.05) is 61.7 Å². The number of fused-ring (bicyclic) bond motifs is 3. The summed E-state index contributed by atoms with van der Waals surface area (Å²) in [6.07, 6.45) is 6.56. The van der Waals surface area contributed by atoms with Gasteiger partial charge in [0.05, 0.1) is 6.26 Å². The molecule has 0 unspecified atom stereocenters. The number of benzene rings is 4. The highest BCUT2D eigenvalue weighted by Gasteiger charge is 2.08. The van der Waals surface area contributed by atoms with E-state index in [1.165, 1.54) is 52.8 Å². The van der Waals surface area contributed by atoms with Crippen LogP contribution in [0.1, 0.15) is 48.9 Å². The summed E-state index contributed by atoms with van der Waals surface area (Å²) < 4.78 is 16.1. The van der Waals surface area contributed by atoms with Crippen LogP contribution in [0.5, 0.6) is 17.2 Å². The van der Waals surface area contributed by atoms with Crippen molar-refractivity contribution in [2.45, 2.75) is 53.0 Å². The van der Waals surface area contributed by atoms with Gasteiger partial charge in [0.2, 0.25) is 0 Å². The van der Waals surface area contributed by atoms with Gasteiger partial charge in [-0.25, -0.2) is 0 Å². The van der Waals surface area contributed by atoms with Gasteiger partial charge in [-0.05, 0) is 98.2 Å². The molecule has 0 aromatic heterocycles. The van der Waals surface area contributed by atoms with Gasteiger partial charge in [0, 0.05) is 18.8 Å². The van der Waals surface area contributed by atoms with E-state index in [2.05, 4.69) is 73.0 Å². The summed E-state index contributed by atoms with van der Waals surface area (Å²) >= 11 is 0. The summed E-state index contributed by atoms with van der Waals surface area (Å²) in [5.74, 6) is 2.65. The van der Waals surface area contributed by atoms with Gasteiger partial charge >= 0.3 is 0 Å². The molecule has 0 bridgehead atoms. The Kier molecular flexibility index (Phi) is 13.0. The zero-order valence-electron chi connectivity index (χ0n) is 25.9. The van der Waals surface area contributed by atoms with Crippen molar-refractivity contribution in [1.29, 1.82) is 0 Å². The third-order valence-corrected chi connectivity index (χ3v) is 7.45. The van der Waals surface area contributed by atoms with Crippen molar-refractivity contribution in [3.05, 3.63) is 131 Å². The Morgan fingerprint density at radius 1 is 0.744 bits per heavy atom. The first kappa shape index (κ1) is 31.7. The first-order chi connectivity index (χ1) is 21.1. The minimum absolute atomic E-state index is 0.664. The van der Waals surface area contributed by atoms with Crippen LogP contribution in [-0.2, 0) is 19.4 Å². The zero-order valence-corrected chi connectivity index (χ0v) is 25.9. The molecule has 5 nitrogen and oxygen atoms in total. The van der Waals surface area contributed by atoms with Gasteiger partial charge in [-0.2, -0.15) is 0 Å². The second kappa shape index (κ2) is 17.7. The molecule has 0 saturated heterocycles. The predicted molar refractivity (Wildman–Crippen MR) is 178 cm³/mol. The van der Waals surface area contributed by atoms with Crippen LogP contribution in [0.4, 0.5) is 5.69 Å². The fourth-order valence-electron chi connectivity index (χ4n) is 4.76. The molecule has 0 amide bonds. The lowest BCUT2D eigenvalue weighted by molar-refractivity contribution is 0.171. The number of nitrogens with one attached hydrogen (secondary N) is 2. The Morgan fingerprint density at radius 3 is 2.05 bits per heavy atom. The third-order valence-electron chi connectivity index (χ3n) is 7.45. The average Bonchev–Trinajstić information content (AvgIpc) is 3.09. The molecule has 0 fully saturated rings. The molecular formula is C38H46N2O3. The minimum atomic E-state index is 0.664. The van der Waals surface area contributed by atoms with E-state index in [4.69, 9.17) is 14.2 Å². The van der Waals surface area contributed by atoms with Crippen molar-refractivity contribution >= 4 is 5.69 Å². The van der Waals surface area contributed by atoms with E-state index >= 15 is 0 Å². The molecule has 0 saturated carbocycles. The van der Waals surface area contributed by atoms with Gasteiger partial charge in [-0.3, -0.25) is 0 Å². The van der Waals surface area contributed by atoms with Gasteiger partial charge in [-0.1, -0.05) is 79.7 Å². The van der Waals surface area contributed by atoms with E-state index < -0.39 is 0 Å². The van der Waals surface area contributed by atoms with Crippen LogP contribution in [-0.4, -0.2) is 26.3 Å². The number of para-hydroxylation sites is 4. The predicted octanol–water partition coefficient (Wildman–Crippen LogP) is 8.52. The number of allylic oxidation sites excluding steroid dienone is 1. The lowest BCUT2D eigenvalue weighted by atomic mass is 10.0. The van der Waals surface area contributed by atoms with Crippen LogP contribution in [0, 0.1) is 6.92 Å². The third kappa shape index (κ3) is 10.5. The SMILES string of the molecule is CCC(C)=COc1ccccc1C.c1ccc2c(c1)CCCN2.c1ccc2c(c1)CCNC2.c1ccc2c(c1)OCCO2. The molecule has 0 radical (unpaired) electrons. The number of rotatable bonds is 3. The van der Waals surface area contributed by atoms with Gasteiger partial charge in [-0.15, -0.1) is 0 Å². The van der Waals surface area contributed by atoms with Crippen LogP contribution in [0.3, 0.4) is 0 Å². The maximum Gasteiger partial charge on any atom is 0.161 e. The summed E-state index contributed by atoms with van der Waals surface area (Å²) in [5, 5.41) is 6.70. The van der Waals surface area contributed by atoms with E-state index in [9.17, 15) is 0 Å². The summed E-state index contributed by atoms with van der Waals surface area (Å²) in [6, 6.07) is 32.9. The smallest absolute Gasteiger partial charge is 0.161 e. The fourth-order valence-corrected chi connectivity index (χ4v) is 4.76. The van der Waals surface area contributed by atoms with Crippen LogP contribution in [0.2, 0.25) is 0 Å². The second-order valence-electron chi connectivity index (χ2n) is 10.7. The van der Waals surface area contributed by atoms with Crippen molar-refractivity contribution in [2.75, 3.05) is 31.6 Å². The number of aryl methyl sites for hydroxylation is 2.